The second kappa shape index (κ2) is 7.85. The van der Waals surface area contributed by atoms with Gasteiger partial charge in [0.05, 0.1) is 17.6 Å². The van der Waals surface area contributed by atoms with Crippen molar-refractivity contribution in [2.45, 2.75) is 26.2 Å². The number of rotatable bonds is 7. The molecule has 1 aromatic carbocycles. The molecule has 1 saturated heterocycles. The Hall–Kier alpha value is -2.51. The SMILES string of the molecule is CCCN(CC1CC1)CN1C(=O)/C(=C\c2coc3ccccc3c2=O)NC1=S. The van der Waals surface area contributed by atoms with E-state index in [-0.39, 0.29) is 11.3 Å². The molecule has 7 heteroatoms. The van der Waals surface area contributed by atoms with Crippen molar-refractivity contribution in [3.63, 3.8) is 0 Å². The van der Waals surface area contributed by atoms with Crippen LogP contribution in [-0.4, -0.2) is 40.6 Å². The maximum atomic E-state index is 12.9. The summed E-state index contributed by atoms with van der Waals surface area (Å²) in [6.07, 6.45) is 6.46. The van der Waals surface area contributed by atoms with Crippen molar-refractivity contribution in [1.29, 1.82) is 0 Å². The number of thiocarbonyl (C=S) groups is 1. The highest BCUT2D eigenvalue weighted by atomic mass is 32.1. The van der Waals surface area contributed by atoms with E-state index in [0.29, 0.717) is 34.0 Å². The zero-order chi connectivity index (χ0) is 19.7. The first-order chi connectivity index (χ1) is 13.6. The van der Waals surface area contributed by atoms with Crippen LogP contribution >= 0.6 is 12.2 Å². The van der Waals surface area contributed by atoms with Gasteiger partial charge in [0, 0.05) is 6.54 Å². The highest BCUT2D eigenvalue weighted by Crippen LogP contribution is 2.30. The minimum atomic E-state index is -0.213. The third-order valence-corrected chi connectivity index (χ3v) is 5.39. The van der Waals surface area contributed by atoms with E-state index in [2.05, 4.69) is 17.1 Å². The van der Waals surface area contributed by atoms with Gasteiger partial charge >= 0.3 is 0 Å². The lowest BCUT2D eigenvalue weighted by Crippen LogP contribution is -2.42. The summed E-state index contributed by atoms with van der Waals surface area (Å²) in [4.78, 5) is 29.4. The number of amides is 1. The molecular weight excluding hydrogens is 374 g/mol. The molecule has 0 unspecified atom stereocenters. The highest BCUT2D eigenvalue weighted by molar-refractivity contribution is 7.80. The molecule has 0 bridgehead atoms. The van der Waals surface area contributed by atoms with Crippen LogP contribution < -0.4 is 10.7 Å². The first-order valence-electron chi connectivity index (χ1n) is 9.64. The number of carbonyl (C=O) groups is 1. The Labute approximate surface area is 168 Å². The number of nitrogens with zero attached hydrogens (tertiary/aromatic N) is 2. The van der Waals surface area contributed by atoms with E-state index < -0.39 is 0 Å². The summed E-state index contributed by atoms with van der Waals surface area (Å²) in [5.74, 6) is 0.525. The lowest BCUT2D eigenvalue weighted by molar-refractivity contribution is -0.123. The first-order valence-corrected chi connectivity index (χ1v) is 10.0. The quantitative estimate of drug-likeness (QED) is 0.572. The molecule has 0 atom stereocenters. The first kappa shape index (κ1) is 18.8. The predicted molar refractivity (Wildman–Crippen MR) is 112 cm³/mol. The number of carbonyl (C=O) groups excluding carboxylic acids is 1. The number of nitrogens with one attached hydrogen (secondary N) is 1. The molecule has 28 heavy (non-hydrogen) atoms. The molecule has 2 aromatic rings. The van der Waals surface area contributed by atoms with Crippen LogP contribution in [-0.2, 0) is 4.79 Å². The van der Waals surface area contributed by atoms with Gasteiger partial charge < -0.3 is 9.73 Å². The van der Waals surface area contributed by atoms with E-state index in [1.54, 1.807) is 23.1 Å². The van der Waals surface area contributed by atoms with Gasteiger partial charge in [-0.15, -0.1) is 0 Å². The van der Waals surface area contributed by atoms with Crippen LogP contribution in [0, 0.1) is 5.92 Å². The Balaban J connectivity index is 1.56. The molecule has 2 fully saturated rings. The fourth-order valence-corrected chi connectivity index (χ4v) is 3.70. The average Bonchev–Trinajstić information content (AvgIpc) is 3.46. The minimum absolute atomic E-state index is 0.172. The molecule has 1 aliphatic carbocycles. The Morgan fingerprint density at radius 2 is 2.11 bits per heavy atom. The van der Waals surface area contributed by atoms with Gasteiger partial charge in [-0.1, -0.05) is 19.1 Å². The molecule has 2 heterocycles. The van der Waals surface area contributed by atoms with Crippen molar-refractivity contribution in [2.75, 3.05) is 19.8 Å². The van der Waals surface area contributed by atoms with Gasteiger partial charge in [-0.3, -0.25) is 19.4 Å². The van der Waals surface area contributed by atoms with Crippen molar-refractivity contribution in [3.8, 4) is 0 Å². The van der Waals surface area contributed by atoms with Crippen LogP contribution in [0.2, 0.25) is 0 Å². The minimum Gasteiger partial charge on any atom is -0.463 e. The van der Waals surface area contributed by atoms with Crippen LogP contribution in [0.5, 0.6) is 0 Å². The van der Waals surface area contributed by atoms with E-state index in [9.17, 15) is 9.59 Å². The molecular formula is C21H23N3O3S. The van der Waals surface area contributed by atoms with Gasteiger partial charge in [0.15, 0.2) is 10.5 Å². The maximum Gasteiger partial charge on any atom is 0.277 e. The summed E-state index contributed by atoms with van der Waals surface area (Å²) in [6, 6.07) is 7.05. The normalized spacial score (nSPS) is 18.5. The predicted octanol–water partition coefficient (Wildman–Crippen LogP) is 2.93. The Bertz CT molecular complexity index is 1010. The molecule has 1 aliphatic heterocycles. The van der Waals surface area contributed by atoms with Crippen LogP contribution in [0.25, 0.3) is 17.0 Å². The highest BCUT2D eigenvalue weighted by Gasteiger charge is 2.33. The third kappa shape index (κ3) is 3.86. The van der Waals surface area contributed by atoms with E-state index in [4.69, 9.17) is 16.6 Å². The van der Waals surface area contributed by atoms with Crippen LogP contribution in [0.4, 0.5) is 0 Å². The van der Waals surface area contributed by atoms with Crippen molar-refractivity contribution in [1.82, 2.24) is 15.1 Å². The topological polar surface area (TPSA) is 65.8 Å². The van der Waals surface area contributed by atoms with Crippen molar-refractivity contribution in [2.24, 2.45) is 5.92 Å². The van der Waals surface area contributed by atoms with Crippen molar-refractivity contribution in [3.05, 3.63) is 52.0 Å². The molecule has 1 N–H and O–H groups in total. The molecule has 146 valence electrons. The standard InChI is InChI=1S/C21H23N3O3S/c1-2-9-23(11-14-7-8-14)13-24-20(26)17(22-21(24)28)10-15-12-27-18-6-4-3-5-16(18)19(15)25/h3-6,10,12,14H,2,7-9,11,13H2,1H3,(H,22,28)/b17-10+. The number of hydrogen-bond donors (Lipinski definition) is 1. The molecule has 1 saturated carbocycles. The molecule has 1 aromatic heterocycles. The van der Waals surface area contributed by atoms with E-state index in [0.717, 1.165) is 25.4 Å². The number of benzene rings is 1. The fourth-order valence-electron chi connectivity index (χ4n) is 3.45. The zero-order valence-electron chi connectivity index (χ0n) is 15.8. The Morgan fingerprint density at radius 3 is 2.86 bits per heavy atom. The van der Waals surface area contributed by atoms with Crippen LogP contribution in [0.1, 0.15) is 31.7 Å². The van der Waals surface area contributed by atoms with Gasteiger partial charge in [-0.25, -0.2) is 0 Å². The molecule has 4 rings (SSSR count). The largest absolute Gasteiger partial charge is 0.463 e. The number of fused-ring (bicyclic) bond motifs is 1. The second-order valence-corrected chi connectivity index (χ2v) is 7.79. The van der Waals surface area contributed by atoms with E-state index in [1.807, 2.05) is 6.07 Å². The molecule has 6 nitrogen and oxygen atoms in total. The second-order valence-electron chi connectivity index (χ2n) is 7.40. The van der Waals surface area contributed by atoms with E-state index >= 15 is 0 Å². The zero-order valence-corrected chi connectivity index (χ0v) is 16.6. The lowest BCUT2D eigenvalue weighted by Gasteiger charge is -2.26. The van der Waals surface area contributed by atoms with Crippen molar-refractivity contribution < 1.29 is 9.21 Å². The van der Waals surface area contributed by atoms with Gasteiger partial charge in [-0.2, -0.15) is 0 Å². The van der Waals surface area contributed by atoms with Gasteiger partial charge in [0.1, 0.15) is 17.5 Å². The summed E-state index contributed by atoms with van der Waals surface area (Å²) >= 11 is 5.38. The summed E-state index contributed by atoms with van der Waals surface area (Å²) in [6.45, 7) is 4.52. The summed E-state index contributed by atoms with van der Waals surface area (Å²) in [5.41, 5.74) is 0.973. The summed E-state index contributed by atoms with van der Waals surface area (Å²) in [7, 11) is 0. The third-order valence-electron chi connectivity index (χ3n) is 5.06. The summed E-state index contributed by atoms with van der Waals surface area (Å²) < 4.78 is 5.53. The Kier molecular flexibility index (Phi) is 5.28. The maximum absolute atomic E-state index is 12.9. The Morgan fingerprint density at radius 1 is 1.32 bits per heavy atom. The molecule has 2 aliphatic rings. The summed E-state index contributed by atoms with van der Waals surface area (Å²) in [5, 5.41) is 3.82. The average molecular weight is 398 g/mol. The smallest absolute Gasteiger partial charge is 0.277 e. The van der Waals surface area contributed by atoms with Gasteiger partial charge in [-0.05, 0) is 62.2 Å². The molecule has 1 amide bonds. The van der Waals surface area contributed by atoms with Crippen LogP contribution in [0.15, 0.2) is 45.4 Å². The lowest BCUT2D eigenvalue weighted by atomic mass is 10.1. The van der Waals surface area contributed by atoms with E-state index in [1.165, 1.54) is 25.2 Å². The monoisotopic (exact) mass is 397 g/mol. The van der Waals surface area contributed by atoms with Crippen LogP contribution in [0.3, 0.4) is 0 Å². The fraction of sp³-hybridized carbons (Fsp3) is 0.381. The van der Waals surface area contributed by atoms with Gasteiger partial charge in [0.25, 0.3) is 5.91 Å². The van der Waals surface area contributed by atoms with Crippen molar-refractivity contribution >= 4 is 40.3 Å². The van der Waals surface area contributed by atoms with Gasteiger partial charge in [0.2, 0.25) is 0 Å². The number of para-hydroxylation sites is 1. The molecule has 0 spiro atoms. The molecule has 0 radical (unpaired) electrons. The number of hydrogen-bond acceptors (Lipinski definition) is 5.